The highest BCUT2D eigenvalue weighted by Gasteiger charge is 2.06. The van der Waals surface area contributed by atoms with Crippen LogP contribution in [0.4, 0.5) is 5.69 Å². The van der Waals surface area contributed by atoms with Crippen LogP contribution in [-0.4, -0.2) is 46.7 Å². The van der Waals surface area contributed by atoms with Crippen LogP contribution in [-0.2, 0) is 14.6 Å². The Morgan fingerprint density at radius 2 is 1.97 bits per heavy atom. The highest BCUT2D eigenvalue weighted by Crippen LogP contribution is 2.28. The van der Waals surface area contributed by atoms with Crippen molar-refractivity contribution < 1.29 is 27.4 Å². The van der Waals surface area contributed by atoms with Crippen LogP contribution in [0, 0.1) is 11.3 Å². The normalized spacial score (nSPS) is 11.0. The van der Waals surface area contributed by atoms with E-state index in [9.17, 15) is 13.2 Å². The van der Waals surface area contributed by atoms with E-state index in [1.54, 1.807) is 48.5 Å². The molecule has 0 bridgehead atoms. The topological polar surface area (TPSA) is 115 Å². The number of carbonyl (C=O) groups is 1. The van der Waals surface area contributed by atoms with Gasteiger partial charge < -0.3 is 19.5 Å². The van der Waals surface area contributed by atoms with Crippen LogP contribution in [0.25, 0.3) is 6.08 Å². The largest absolute Gasteiger partial charge is 0.493 e. The van der Waals surface area contributed by atoms with Crippen molar-refractivity contribution in [1.82, 2.24) is 0 Å². The van der Waals surface area contributed by atoms with Crippen LogP contribution in [0.15, 0.2) is 48.5 Å². The quantitative estimate of drug-likeness (QED) is 0.576. The van der Waals surface area contributed by atoms with Crippen molar-refractivity contribution in [2.24, 2.45) is 0 Å². The molecule has 0 aliphatic heterocycles. The molecule has 8 nitrogen and oxygen atoms in total. The van der Waals surface area contributed by atoms with Gasteiger partial charge in [0.25, 0.3) is 0 Å². The monoisotopic (exact) mass is 430 g/mol. The van der Waals surface area contributed by atoms with Crippen LogP contribution >= 0.6 is 0 Å². The third-order valence-electron chi connectivity index (χ3n) is 3.73. The van der Waals surface area contributed by atoms with E-state index in [0.717, 1.165) is 6.26 Å². The van der Waals surface area contributed by atoms with Gasteiger partial charge in [-0.25, -0.2) is 8.42 Å². The van der Waals surface area contributed by atoms with E-state index in [4.69, 9.17) is 19.5 Å². The maximum atomic E-state index is 12.2. The molecular formula is C21H22N2O6S. The molecule has 0 atom stereocenters. The first kappa shape index (κ1) is 22.8. The van der Waals surface area contributed by atoms with E-state index in [-0.39, 0.29) is 24.9 Å². The Hall–Kier alpha value is -3.51. The molecule has 0 spiro atoms. The lowest BCUT2D eigenvalue weighted by molar-refractivity contribution is -0.111. The van der Waals surface area contributed by atoms with Gasteiger partial charge in [0.05, 0.1) is 12.9 Å². The lowest BCUT2D eigenvalue weighted by Crippen LogP contribution is -2.12. The lowest BCUT2D eigenvalue weighted by atomic mass is 10.2. The molecule has 0 aliphatic rings. The molecule has 0 saturated carbocycles. The Balaban J connectivity index is 1.97. The fourth-order valence-electron chi connectivity index (χ4n) is 2.35. The predicted octanol–water partition coefficient (Wildman–Crippen LogP) is 2.67. The van der Waals surface area contributed by atoms with Gasteiger partial charge in [0.15, 0.2) is 27.9 Å². The Kier molecular flexibility index (Phi) is 8.26. The fraction of sp³-hybridized carbons (Fsp3) is 0.238. The maximum Gasteiger partial charge on any atom is 0.248 e. The number of sulfone groups is 1. The average Bonchev–Trinajstić information content (AvgIpc) is 2.70. The first-order chi connectivity index (χ1) is 14.3. The van der Waals surface area contributed by atoms with Gasteiger partial charge in [-0.2, -0.15) is 5.26 Å². The Morgan fingerprint density at radius 3 is 2.67 bits per heavy atom. The molecule has 1 N–H and O–H groups in total. The summed E-state index contributed by atoms with van der Waals surface area (Å²) in [5.74, 6) is 0.904. The number of carbonyl (C=O) groups excluding carboxylic acids is 1. The molecule has 0 aromatic heterocycles. The number of anilines is 1. The van der Waals surface area contributed by atoms with E-state index in [2.05, 4.69) is 5.32 Å². The number of amides is 1. The minimum Gasteiger partial charge on any atom is -0.493 e. The minimum atomic E-state index is -3.10. The number of nitrogens with one attached hydrogen (secondary N) is 1. The molecule has 0 fully saturated rings. The first-order valence-corrected chi connectivity index (χ1v) is 10.9. The number of nitriles is 1. The van der Waals surface area contributed by atoms with Crippen molar-refractivity contribution in [3.63, 3.8) is 0 Å². The van der Waals surface area contributed by atoms with Crippen molar-refractivity contribution in [2.75, 3.05) is 37.6 Å². The number of rotatable bonds is 10. The third-order valence-corrected chi connectivity index (χ3v) is 4.64. The van der Waals surface area contributed by atoms with Gasteiger partial charge in [-0.15, -0.1) is 0 Å². The summed E-state index contributed by atoms with van der Waals surface area (Å²) in [6, 6.07) is 13.6. The van der Waals surface area contributed by atoms with E-state index in [1.165, 1.54) is 13.2 Å². The van der Waals surface area contributed by atoms with Gasteiger partial charge in [-0.05, 0) is 35.9 Å². The van der Waals surface area contributed by atoms with Crippen LogP contribution in [0.2, 0.25) is 0 Å². The fourth-order valence-corrected chi connectivity index (χ4v) is 2.73. The van der Waals surface area contributed by atoms with Crippen molar-refractivity contribution in [3.05, 3.63) is 54.1 Å². The summed E-state index contributed by atoms with van der Waals surface area (Å²) in [6.45, 7) is -0.0585. The molecule has 0 aliphatic carbocycles. The molecule has 158 valence electrons. The van der Waals surface area contributed by atoms with Crippen LogP contribution < -0.4 is 19.5 Å². The molecule has 2 aromatic carbocycles. The summed E-state index contributed by atoms with van der Waals surface area (Å²) in [4.78, 5) is 12.2. The lowest BCUT2D eigenvalue weighted by Gasteiger charge is -2.09. The second kappa shape index (κ2) is 10.9. The zero-order valence-electron chi connectivity index (χ0n) is 16.6. The van der Waals surface area contributed by atoms with Crippen molar-refractivity contribution in [2.45, 2.75) is 0 Å². The summed E-state index contributed by atoms with van der Waals surface area (Å²) in [6.07, 6.45) is 4.11. The molecule has 2 rings (SSSR count). The Labute approximate surface area is 175 Å². The standard InChI is InChI=1S/C21H22N2O6S/c1-27-20-14-16(6-8-19(20)29-11-10-22)7-9-21(24)23-17-4-3-5-18(15-17)28-12-13-30(2,25)26/h3-9,14-15H,11-13H2,1-2H3,(H,23,24)/b9-7+. The van der Waals surface area contributed by atoms with E-state index < -0.39 is 9.84 Å². The molecule has 2 aromatic rings. The Morgan fingerprint density at radius 1 is 1.17 bits per heavy atom. The molecule has 30 heavy (non-hydrogen) atoms. The number of ether oxygens (including phenoxy) is 3. The molecule has 0 saturated heterocycles. The van der Waals surface area contributed by atoms with E-state index in [0.29, 0.717) is 28.5 Å². The molecular weight excluding hydrogens is 408 g/mol. The van der Waals surface area contributed by atoms with Gasteiger partial charge in [0.1, 0.15) is 18.4 Å². The van der Waals surface area contributed by atoms with Gasteiger partial charge in [0, 0.05) is 24.1 Å². The summed E-state index contributed by atoms with van der Waals surface area (Å²) in [7, 11) is -1.62. The number of hydrogen-bond acceptors (Lipinski definition) is 7. The number of nitrogens with zero attached hydrogens (tertiary/aromatic N) is 1. The maximum absolute atomic E-state index is 12.2. The average molecular weight is 430 g/mol. The van der Waals surface area contributed by atoms with Gasteiger partial charge in [0.2, 0.25) is 5.91 Å². The van der Waals surface area contributed by atoms with Crippen LogP contribution in [0.5, 0.6) is 17.2 Å². The second-order valence-corrected chi connectivity index (χ2v) is 8.45. The summed E-state index contributed by atoms with van der Waals surface area (Å²) in [5, 5.41) is 11.3. The smallest absolute Gasteiger partial charge is 0.248 e. The summed E-state index contributed by atoms with van der Waals surface area (Å²) in [5.41, 5.74) is 1.23. The summed E-state index contributed by atoms with van der Waals surface area (Å²) >= 11 is 0. The first-order valence-electron chi connectivity index (χ1n) is 8.88. The highest BCUT2D eigenvalue weighted by atomic mass is 32.2. The van der Waals surface area contributed by atoms with Crippen molar-refractivity contribution in [3.8, 4) is 23.3 Å². The molecule has 0 radical (unpaired) electrons. The van der Waals surface area contributed by atoms with E-state index >= 15 is 0 Å². The second-order valence-electron chi connectivity index (χ2n) is 6.19. The Bertz CT molecular complexity index is 1060. The van der Waals surface area contributed by atoms with Gasteiger partial charge in [-0.3, -0.25) is 4.79 Å². The highest BCUT2D eigenvalue weighted by molar-refractivity contribution is 7.90. The van der Waals surface area contributed by atoms with Crippen molar-refractivity contribution >= 4 is 27.5 Å². The molecule has 1 amide bonds. The summed E-state index contributed by atoms with van der Waals surface area (Å²) < 4.78 is 38.2. The van der Waals surface area contributed by atoms with Gasteiger partial charge in [-0.1, -0.05) is 12.1 Å². The minimum absolute atomic E-state index is 0.0338. The number of hydrogen-bond donors (Lipinski definition) is 1. The van der Waals surface area contributed by atoms with Crippen LogP contribution in [0.1, 0.15) is 5.56 Å². The zero-order valence-corrected chi connectivity index (χ0v) is 17.4. The molecule has 0 heterocycles. The van der Waals surface area contributed by atoms with Gasteiger partial charge >= 0.3 is 0 Å². The van der Waals surface area contributed by atoms with Crippen LogP contribution in [0.3, 0.4) is 0 Å². The molecule has 0 unspecified atom stereocenters. The van der Waals surface area contributed by atoms with Crippen molar-refractivity contribution in [1.29, 1.82) is 5.26 Å². The SMILES string of the molecule is COc1cc(/C=C/C(=O)Nc2cccc(OCCS(C)(=O)=O)c2)ccc1OCC#N. The number of methoxy groups -OCH3 is 1. The molecule has 9 heteroatoms. The zero-order chi connectivity index (χ0) is 22.0. The predicted molar refractivity (Wildman–Crippen MR) is 113 cm³/mol. The number of benzene rings is 2. The van der Waals surface area contributed by atoms with E-state index in [1.807, 2.05) is 6.07 Å². The third kappa shape index (κ3) is 7.85.